The topological polar surface area (TPSA) is 74.6 Å². The molecule has 0 amide bonds. The molecule has 0 rings (SSSR count). The molecule has 0 heterocycles. The van der Waals surface area contributed by atoms with Gasteiger partial charge >= 0.3 is 11.9 Å². The van der Waals surface area contributed by atoms with Crippen LogP contribution in [0.1, 0.15) is 110 Å². The molecule has 4 nitrogen and oxygen atoms in total. The van der Waals surface area contributed by atoms with Crippen molar-refractivity contribution in [1.82, 2.24) is 0 Å². The highest BCUT2D eigenvalue weighted by Crippen LogP contribution is 2.24. The molecule has 0 aliphatic rings. The highest BCUT2D eigenvalue weighted by Gasteiger charge is 2.27. The fraction of sp³-hybridized carbons (Fsp3) is 0.826. The molecular formula is C23H42O4. The molecule has 0 radical (unpaired) electrons. The zero-order valence-electron chi connectivity index (χ0n) is 17.5. The molecule has 0 aromatic carbocycles. The Kier molecular flexibility index (Phi) is 17.2. The smallest absolute Gasteiger partial charge is 0.307 e. The predicted octanol–water partition coefficient (Wildman–Crippen LogP) is 6.84. The van der Waals surface area contributed by atoms with Crippen LogP contribution in [-0.4, -0.2) is 22.2 Å². The zero-order chi connectivity index (χ0) is 20.3. The minimum Gasteiger partial charge on any atom is -0.481 e. The molecule has 4 heteroatoms. The first-order chi connectivity index (χ1) is 13.0. The van der Waals surface area contributed by atoms with Crippen LogP contribution in [0.4, 0.5) is 0 Å². The standard InChI is InChI=1S/C23H42O4/c1-3-5-6-7-8-9-10-11-12-13-14-15-16-17-18-20(4-2)21(23(26)27)19-22(24)25/h4,20-21H,2-3,5-19H2,1H3,(H,24,25)(H,26,27). The zero-order valence-corrected chi connectivity index (χ0v) is 17.5. The van der Waals surface area contributed by atoms with Gasteiger partial charge in [-0.05, 0) is 12.3 Å². The number of aliphatic carboxylic acids is 2. The number of carboxylic acids is 2. The van der Waals surface area contributed by atoms with E-state index in [2.05, 4.69) is 13.5 Å². The first-order valence-corrected chi connectivity index (χ1v) is 11.1. The van der Waals surface area contributed by atoms with Crippen LogP contribution >= 0.6 is 0 Å². The summed E-state index contributed by atoms with van der Waals surface area (Å²) in [6.07, 6.45) is 20.0. The van der Waals surface area contributed by atoms with E-state index >= 15 is 0 Å². The van der Waals surface area contributed by atoms with Crippen molar-refractivity contribution in [2.24, 2.45) is 11.8 Å². The molecular weight excluding hydrogens is 340 g/mol. The first-order valence-electron chi connectivity index (χ1n) is 11.1. The van der Waals surface area contributed by atoms with Gasteiger partial charge in [-0.2, -0.15) is 0 Å². The van der Waals surface area contributed by atoms with Gasteiger partial charge in [0.25, 0.3) is 0 Å². The lowest BCUT2D eigenvalue weighted by atomic mass is 9.85. The second-order valence-electron chi connectivity index (χ2n) is 7.83. The van der Waals surface area contributed by atoms with E-state index in [-0.39, 0.29) is 12.3 Å². The maximum Gasteiger partial charge on any atom is 0.307 e. The van der Waals surface area contributed by atoms with Gasteiger partial charge in [-0.15, -0.1) is 6.58 Å². The largest absolute Gasteiger partial charge is 0.481 e. The van der Waals surface area contributed by atoms with Crippen LogP contribution in [-0.2, 0) is 9.59 Å². The third kappa shape index (κ3) is 15.4. The normalized spacial score (nSPS) is 13.2. The Morgan fingerprint density at radius 3 is 1.52 bits per heavy atom. The van der Waals surface area contributed by atoms with Gasteiger partial charge in [0.15, 0.2) is 0 Å². The van der Waals surface area contributed by atoms with E-state index in [1.54, 1.807) is 6.08 Å². The second kappa shape index (κ2) is 18.1. The first kappa shape index (κ1) is 25.7. The minimum absolute atomic E-state index is 0.254. The Balaban J connectivity index is 3.60. The molecule has 0 aromatic rings. The van der Waals surface area contributed by atoms with E-state index in [1.807, 2.05) is 0 Å². The van der Waals surface area contributed by atoms with E-state index in [9.17, 15) is 14.7 Å². The second-order valence-corrected chi connectivity index (χ2v) is 7.83. The van der Waals surface area contributed by atoms with Gasteiger partial charge in [0, 0.05) is 0 Å². The number of rotatable bonds is 20. The van der Waals surface area contributed by atoms with Crippen LogP contribution in [0.15, 0.2) is 12.7 Å². The van der Waals surface area contributed by atoms with E-state index < -0.39 is 17.9 Å². The van der Waals surface area contributed by atoms with E-state index in [0.29, 0.717) is 6.42 Å². The summed E-state index contributed by atoms with van der Waals surface area (Å²) in [5, 5.41) is 18.1. The van der Waals surface area contributed by atoms with Crippen LogP contribution in [0.5, 0.6) is 0 Å². The van der Waals surface area contributed by atoms with Gasteiger partial charge in [-0.3, -0.25) is 9.59 Å². The average molecular weight is 383 g/mol. The summed E-state index contributed by atoms with van der Waals surface area (Å²) in [6.45, 7) is 5.95. The monoisotopic (exact) mass is 382 g/mol. The third-order valence-corrected chi connectivity index (χ3v) is 5.42. The van der Waals surface area contributed by atoms with Crippen LogP contribution in [0.3, 0.4) is 0 Å². The molecule has 0 bridgehead atoms. The Morgan fingerprint density at radius 2 is 1.19 bits per heavy atom. The molecule has 0 saturated heterocycles. The molecule has 0 aromatic heterocycles. The van der Waals surface area contributed by atoms with Gasteiger partial charge in [-0.1, -0.05) is 103 Å². The molecule has 2 N–H and O–H groups in total. The Morgan fingerprint density at radius 1 is 0.778 bits per heavy atom. The number of carbonyl (C=O) groups is 2. The lowest BCUT2D eigenvalue weighted by Gasteiger charge is -2.19. The maximum absolute atomic E-state index is 11.3. The average Bonchev–Trinajstić information content (AvgIpc) is 2.63. The summed E-state index contributed by atoms with van der Waals surface area (Å²) in [5.74, 6) is -3.21. The van der Waals surface area contributed by atoms with Crippen molar-refractivity contribution in [2.45, 2.75) is 110 Å². The van der Waals surface area contributed by atoms with Crippen molar-refractivity contribution in [2.75, 3.05) is 0 Å². The number of allylic oxidation sites excluding steroid dienone is 1. The van der Waals surface area contributed by atoms with Crippen molar-refractivity contribution >= 4 is 11.9 Å². The van der Waals surface area contributed by atoms with Crippen molar-refractivity contribution in [3.8, 4) is 0 Å². The summed E-state index contributed by atoms with van der Waals surface area (Å²) in [6, 6.07) is 0. The highest BCUT2D eigenvalue weighted by atomic mass is 16.4. The lowest BCUT2D eigenvalue weighted by Crippen LogP contribution is -2.25. The summed E-state index contributed by atoms with van der Waals surface area (Å²) in [4.78, 5) is 22.1. The van der Waals surface area contributed by atoms with Gasteiger partial charge in [0.1, 0.15) is 0 Å². The van der Waals surface area contributed by atoms with Crippen LogP contribution in [0.2, 0.25) is 0 Å². The molecule has 2 atom stereocenters. The number of carboxylic acid groups (broad SMARTS) is 2. The van der Waals surface area contributed by atoms with Gasteiger partial charge in [-0.25, -0.2) is 0 Å². The van der Waals surface area contributed by atoms with E-state index in [0.717, 1.165) is 12.8 Å². The summed E-state index contributed by atoms with van der Waals surface area (Å²) < 4.78 is 0. The Labute approximate surface area is 166 Å². The Bertz CT molecular complexity index is 392. The molecule has 0 spiro atoms. The summed E-state index contributed by atoms with van der Waals surface area (Å²) in [5.41, 5.74) is 0. The number of hydrogen-bond acceptors (Lipinski definition) is 2. The van der Waals surface area contributed by atoms with Gasteiger partial charge in [0.2, 0.25) is 0 Å². The molecule has 158 valence electrons. The van der Waals surface area contributed by atoms with E-state index in [4.69, 9.17) is 5.11 Å². The summed E-state index contributed by atoms with van der Waals surface area (Å²) >= 11 is 0. The number of hydrogen-bond donors (Lipinski definition) is 2. The van der Waals surface area contributed by atoms with Crippen LogP contribution in [0.25, 0.3) is 0 Å². The van der Waals surface area contributed by atoms with Crippen molar-refractivity contribution in [1.29, 1.82) is 0 Å². The van der Waals surface area contributed by atoms with Gasteiger partial charge < -0.3 is 10.2 Å². The van der Waals surface area contributed by atoms with Gasteiger partial charge in [0.05, 0.1) is 12.3 Å². The lowest BCUT2D eigenvalue weighted by molar-refractivity contribution is -0.149. The van der Waals surface area contributed by atoms with Crippen molar-refractivity contribution in [3.05, 3.63) is 12.7 Å². The molecule has 0 fully saturated rings. The molecule has 2 unspecified atom stereocenters. The predicted molar refractivity (Wildman–Crippen MR) is 112 cm³/mol. The molecule has 0 saturated carbocycles. The van der Waals surface area contributed by atoms with Crippen molar-refractivity contribution in [3.63, 3.8) is 0 Å². The molecule has 27 heavy (non-hydrogen) atoms. The molecule has 0 aliphatic carbocycles. The third-order valence-electron chi connectivity index (χ3n) is 5.42. The Hall–Kier alpha value is -1.32. The molecule has 0 aliphatic heterocycles. The fourth-order valence-electron chi connectivity index (χ4n) is 3.67. The minimum atomic E-state index is -1.06. The summed E-state index contributed by atoms with van der Waals surface area (Å²) in [7, 11) is 0. The maximum atomic E-state index is 11.3. The van der Waals surface area contributed by atoms with Crippen molar-refractivity contribution < 1.29 is 19.8 Å². The quantitative estimate of drug-likeness (QED) is 0.179. The van der Waals surface area contributed by atoms with Crippen LogP contribution < -0.4 is 0 Å². The van der Waals surface area contributed by atoms with Crippen LogP contribution in [0, 0.1) is 11.8 Å². The fourth-order valence-corrected chi connectivity index (χ4v) is 3.67. The SMILES string of the molecule is C=CC(CCCCCCCCCCCCCCCC)C(CC(=O)O)C(=O)O. The highest BCUT2D eigenvalue weighted by molar-refractivity contribution is 5.78. The number of unbranched alkanes of at least 4 members (excludes halogenated alkanes) is 13. The van der Waals surface area contributed by atoms with E-state index in [1.165, 1.54) is 77.0 Å².